The second-order valence-electron chi connectivity index (χ2n) is 8.12. The van der Waals surface area contributed by atoms with Crippen LogP contribution >= 0.6 is 0 Å². The molecule has 0 aliphatic heterocycles. The molecule has 0 N–H and O–H groups in total. The van der Waals surface area contributed by atoms with Gasteiger partial charge in [-0.15, -0.1) is 0 Å². The molecular weight excluding hydrogens is 204 g/mol. The summed E-state index contributed by atoms with van der Waals surface area (Å²) in [5, 5.41) is 0. The molecule has 4 bridgehead atoms. The maximum Gasteiger partial charge on any atom is -0.0269 e. The van der Waals surface area contributed by atoms with Crippen LogP contribution < -0.4 is 0 Å². The van der Waals surface area contributed by atoms with Crippen LogP contribution in [0.4, 0.5) is 0 Å². The number of unbranched alkanes of at least 4 members (excludes halogenated alkanes) is 2. The highest BCUT2D eigenvalue weighted by atomic mass is 14.6. The fourth-order valence-corrected chi connectivity index (χ4v) is 5.87. The Balaban J connectivity index is 1.74. The van der Waals surface area contributed by atoms with Crippen molar-refractivity contribution >= 4 is 0 Å². The first-order chi connectivity index (χ1) is 8.06. The molecule has 4 aliphatic carbocycles. The third kappa shape index (κ3) is 1.87. The second-order valence-corrected chi connectivity index (χ2v) is 8.12. The molecule has 2 atom stereocenters. The van der Waals surface area contributed by atoms with E-state index in [1.807, 2.05) is 0 Å². The van der Waals surface area contributed by atoms with Gasteiger partial charge in [0, 0.05) is 0 Å². The van der Waals surface area contributed by atoms with Crippen molar-refractivity contribution in [2.45, 2.75) is 78.6 Å². The molecule has 4 rings (SSSR count). The molecule has 0 heteroatoms. The Labute approximate surface area is 108 Å². The maximum absolute atomic E-state index is 2.65. The topological polar surface area (TPSA) is 0 Å². The fraction of sp³-hybridized carbons (Fsp3) is 1.00. The first kappa shape index (κ1) is 12.1. The quantitative estimate of drug-likeness (QED) is 0.570. The SMILES string of the molecule is CCCCCC1(C)C2CC3CC1CC(C)(C3)C2. The summed E-state index contributed by atoms with van der Waals surface area (Å²) in [5.74, 6) is 3.27. The molecule has 0 saturated heterocycles. The van der Waals surface area contributed by atoms with Gasteiger partial charge in [0.1, 0.15) is 0 Å². The standard InChI is InChI=1S/C17H30/c1-4-5-6-7-17(3)14-8-13-9-15(17)12-16(2,10-13)11-14/h13-15H,4-12H2,1-3H3. The van der Waals surface area contributed by atoms with Crippen molar-refractivity contribution in [3.8, 4) is 0 Å². The lowest BCUT2D eigenvalue weighted by molar-refractivity contribution is -0.141. The van der Waals surface area contributed by atoms with Gasteiger partial charge in [0.25, 0.3) is 0 Å². The molecule has 4 aliphatic rings. The van der Waals surface area contributed by atoms with Crippen molar-refractivity contribution in [2.75, 3.05) is 0 Å². The highest BCUT2D eigenvalue weighted by Gasteiger charge is 2.57. The number of hydrogen-bond acceptors (Lipinski definition) is 0. The molecule has 4 saturated carbocycles. The molecule has 0 aromatic carbocycles. The molecule has 0 aromatic rings. The molecule has 2 unspecified atom stereocenters. The fourth-order valence-electron chi connectivity index (χ4n) is 5.87. The Morgan fingerprint density at radius 1 is 0.941 bits per heavy atom. The van der Waals surface area contributed by atoms with Gasteiger partial charge in [-0.3, -0.25) is 0 Å². The van der Waals surface area contributed by atoms with Crippen molar-refractivity contribution in [1.82, 2.24) is 0 Å². The molecule has 17 heavy (non-hydrogen) atoms. The minimum Gasteiger partial charge on any atom is -0.0654 e. The van der Waals surface area contributed by atoms with Crippen molar-refractivity contribution in [2.24, 2.45) is 28.6 Å². The second kappa shape index (κ2) is 4.00. The van der Waals surface area contributed by atoms with E-state index in [0.717, 1.165) is 28.6 Å². The molecule has 0 spiro atoms. The predicted molar refractivity (Wildman–Crippen MR) is 73.9 cm³/mol. The molecule has 0 radical (unpaired) electrons. The van der Waals surface area contributed by atoms with Gasteiger partial charge in [0.05, 0.1) is 0 Å². The van der Waals surface area contributed by atoms with Crippen LogP contribution in [0.5, 0.6) is 0 Å². The van der Waals surface area contributed by atoms with Crippen LogP contribution in [0, 0.1) is 28.6 Å². The molecule has 0 aromatic heterocycles. The van der Waals surface area contributed by atoms with E-state index in [4.69, 9.17) is 0 Å². The van der Waals surface area contributed by atoms with E-state index in [1.165, 1.54) is 25.7 Å². The lowest BCUT2D eigenvalue weighted by Gasteiger charge is -2.64. The first-order valence-corrected chi connectivity index (χ1v) is 8.06. The van der Waals surface area contributed by atoms with Gasteiger partial charge in [-0.05, 0) is 67.1 Å². The van der Waals surface area contributed by atoms with E-state index >= 15 is 0 Å². The summed E-state index contributed by atoms with van der Waals surface area (Å²) in [5.41, 5.74) is 1.48. The maximum atomic E-state index is 2.65. The highest BCUT2D eigenvalue weighted by Crippen LogP contribution is 2.67. The molecule has 0 nitrogen and oxygen atoms in total. The summed E-state index contributed by atoms with van der Waals surface area (Å²) < 4.78 is 0. The molecule has 98 valence electrons. The Bertz CT molecular complexity index is 274. The van der Waals surface area contributed by atoms with Crippen LogP contribution in [-0.4, -0.2) is 0 Å². The number of rotatable bonds is 4. The van der Waals surface area contributed by atoms with Gasteiger partial charge >= 0.3 is 0 Å². The smallest absolute Gasteiger partial charge is 0.0269 e. The van der Waals surface area contributed by atoms with Gasteiger partial charge in [-0.1, -0.05) is 40.0 Å². The van der Waals surface area contributed by atoms with Crippen molar-refractivity contribution in [3.63, 3.8) is 0 Å². The van der Waals surface area contributed by atoms with E-state index in [1.54, 1.807) is 32.1 Å². The Hall–Kier alpha value is 0. The molecule has 0 amide bonds. The third-order valence-corrected chi connectivity index (χ3v) is 6.68. The van der Waals surface area contributed by atoms with E-state index in [0.29, 0.717) is 0 Å². The predicted octanol–water partition coefficient (Wildman–Crippen LogP) is 5.42. The minimum atomic E-state index is 0.728. The van der Waals surface area contributed by atoms with Gasteiger partial charge in [0.15, 0.2) is 0 Å². The summed E-state index contributed by atoms with van der Waals surface area (Å²) in [4.78, 5) is 0. The average molecular weight is 234 g/mol. The zero-order valence-electron chi connectivity index (χ0n) is 12.1. The van der Waals surface area contributed by atoms with Crippen LogP contribution in [0.2, 0.25) is 0 Å². The van der Waals surface area contributed by atoms with Gasteiger partial charge in [0.2, 0.25) is 0 Å². The van der Waals surface area contributed by atoms with Crippen LogP contribution in [0.25, 0.3) is 0 Å². The molecular formula is C17H30. The number of hydrogen-bond donors (Lipinski definition) is 0. The van der Waals surface area contributed by atoms with Gasteiger partial charge in [-0.25, -0.2) is 0 Å². The first-order valence-electron chi connectivity index (χ1n) is 8.06. The monoisotopic (exact) mass is 234 g/mol. The van der Waals surface area contributed by atoms with E-state index in [2.05, 4.69) is 20.8 Å². The Kier molecular flexibility index (Phi) is 2.84. The van der Waals surface area contributed by atoms with Crippen molar-refractivity contribution in [1.29, 1.82) is 0 Å². The summed E-state index contributed by atoms with van der Waals surface area (Å²) in [7, 11) is 0. The Morgan fingerprint density at radius 3 is 2.12 bits per heavy atom. The lowest BCUT2D eigenvalue weighted by Crippen LogP contribution is -2.55. The molecule has 0 heterocycles. The zero-order valence-corrected chi connectivity index (χ0v) is 12.1. The normalized spacial score (nSPS) is 52.1. The minimum absolute atomic E-state index is 0.728. The highest BCUT2D eigenvalue weighted by molar-refractivity contribution is 5.07. The average Bonchev–Trinajstić information content (AvgIpc) is 2.24. The largest absolute Gasteiger partial charge is 0.0654 e. The van der Waals surface area contributed by atoms with E-state index < -0.39 is 0 Å². The molecule has 4 fully saturated rings. The lowest BCUT2D eigenvalue weighted by atomic mass is 9.41. The zero-order chi connectivity index (χ0) is 12.1. The Morgan fingerprint density at radius 2 is 1.59 bits per heavy atom. The summed E-state index contributed by atoms with van der Waals surface area (Å²) in [6.45, 7) is 7.57. The van der Waals surface area contributed by atoms with Crippen molar-refractivity contribution < 1.29 is 0 Å². The van der Waals surface area contributed by atoms with Crippen LogP contribution in [0.15, 0.2) is 0 Å². The van der Waals surface area contributed by atoms with Crippen LogP contribution in [0.1, 0.15) is 78.6 Å². The van der Waals surface area contributed by atoms with Crippen molar-refractivity contribution in [3.05, 3.63) is 0 Å². The van der Waals surface area contributed by atoms with Gasteiger partial charge < -0.3 is 0 Å². The van der Waals surface area contributed by atoms with E-state index in [-0.39, 0.29) is 0 Å². The van der Waals surface area contributed by atoms with Gasteiger partial charge in [-0.2, -0.15) is 0 Å². The summed E-state index contributed by atoms with van der Waals surface area (Å²) in [6.07, 6.45) is 13.7. The summed E-state index contributed by atoms with van der Waals surface area (Å²) >= 11 is 0. The third-order valence-electron chi connectivity index (χ3n) is 6.68. The van der Waals surface area contributed by atoms with Crippen LogP contribution in [-0.2, 0) is 0 Å². The summed E-state index contributed by atoms with van der Waals surface area (Å²) in [6, 6.07) is 0. The van der Waals surface area contributed by atoms with Crippen LogP contribution in [0.3, 0.4) is 0 Å². The van der Waals surface area contributed by atoms with E-state index in [9.17, 15) is 0 Å².